The number of ether oxygens (including phenoxy) is 1. The fraction of sp³-hybridized carbons (Fsp3) is 0.654. The van der Waals surface area contributed by atoms with Crippen LogP contribution in [0.5, 0.6) is 0 Å². The molecule has 1 rings (SSSR count). The van der Waals surface area contributed by atoms with Crippen molar-refractivity contribution in [3.05, 3.63) is 34.9 Å². The van der Waals surface area contributed by atoms with E-state index in [2.05, 4.69) is 30.2 Å². The average molecular weight is 494 g/mol. The highest BCUT2D eigenvalue weighted by atomic mass is 32.1. The van der Waals surface area contributed by atoms with Gasteiger partial charge in [-0.1, -0.05) is 38.0 Å². The molecule has 0 bridgehead atoms. The lowest BCUT2D eigenvalue weighted by atomic mass is 9.94. The summed E-state index contributed by atoms with van der Waals surface area (Å²) in [5, 5.41) is 5.65. The lowest BCUT2D eigenvalue weighted by molar-refractivity contribution is -0.144. The third kappa shape index (κ3) is 8.85. The summed E-state index contributed by atoms with van der Waals surface area (Å²) in [6.45, 7) is 15.6. The van der Waals surface area contributed by atoms with Crippen molar-refractivity contribution in [2.45, 2.75) is 98.4 Å². The highest BCUT2D eigenvalue weighted by Crippen LogP contribution is 2.29. The molecular formula is C26H43N3O4S. The number of hydrogen-bond acceptors (Lipinski definition) is 5. The summed E-state index contributed by atoms with van der Waals surface area (Å²) in [6.07, 6.45) is 2.24. The minimum absolute atomic E-state index is 0.0684. The summed E-state index contributed by atoms with van der Waals surface area (Å²) in [5.41, 5.74) is 2.06. The number of carbonyl (C=O) groups excluding carboxylic acids is 3. The van der Waals surface area contributed by atoms with Gasteiger partial charge in [-0.05, 0) is 71.6 Å². The molecule has 0 radical (unpaired) electrons. The van der Waals surface area contributed by atoms with Crippen LogP contribution >= 0.6 is 12.6 Å². The van der Waals surface area contributed by atoms with E-state index in [1.807, 2.05) is 45.9 Å². The molecule has 0 fully saturated rings. The summed E-state index contributed by atoms with van der Waals surface area (Å²) < 4.78 is 5.33. The maximum Gasteiger partial charge on any atom is 0.408 e. The maximum absolute atomic E-state index is 13.7. The van der Waals surface area contributed by atoms with Crippen LogP contribution in [-0.2, 0) is 14.3 Å². The minimum atomic E-state index is -0.943. The first-order valence-electron chi connectivity index (χ1n) is 12.1. The fourth-order valence-electron chi connectivity index (χ4n) is 3.67. The molecule has 2 N–H and O–H groups in total. The molecule has 0 heterocycles. The van der Waals surface area contributed by atoms with E-state index in [9.17, 15) is 14.4 Å². The van der Waals surface area contributed by atoms with Gasteiger partial charge in [0.15, 0.2) is 0 Å². The number of carbonyl (C=O) groups is 3. The molecule has 192 valence electrons. The molecule has 3 amide bonds. The number of amides is 3. The van der Waals surface area contributed by atoms with Crippen molar-refractivity contribution in [1.29, 1.82) is 0 Å². The van der Waals surface area contributed by atoms with E-state index in [1.165, 1.54) is 0 Å². The van der Waals surface area contributed by atoms with E-state index in [-0.39, 0.29) is 23.6 Å². The third-order valence-corrected chi connectivity index (χ3v) is 5.89. The van der Waals surface area contributed by atoms with E-state index in [0.717, 1.165) is 36.0 Å². The van der Waals surface area contributed by atoms with Crippen LogP contribution in [0.2, 0.25) is 0 Å². The summed E-state index contributed by atoms with van der Waals surface area (Å²) >= 11 is 4.31. The quantitative estimate of drug-likeness (QED) is 0.308. The molecule has 2 atom stereocenters. The zero-order valence-electron chi connectivity index (χ0n) is 22.0. The van der Waals surface area contributed by atoms with Crippen molar-refractivity contribution >= 4 is 30.5 Å². The van der Waals surface area contributed by atoms with Gasteiger partial charge in [0.1, 0.15) is 17.7 Å². The zero-order valence-corrected chi connectivity index (χ0v) is 22.9. The number of benzene rings is 1. The number of aryl methyl sites for hydroxylation is 1. The molecule has 34 heavy (non-hydrogen) atoms. The Morgan fingerprint density at radius 3 is 2.29 bits per heavy atom. The van der Waals surface area contributed by atoms with E-state index in [4.69, 9.17) is 4.74 Å². The summed E-state index contributed by atoms with van der Waals surface area (Å²) in [5.74, 6) is -0.550. The standard InChI is InChI=1S/C26H43N3O4S/c1-9-10-11-15-27-23(30)22(20-14-12-13-18(4)19(20)5)29(17(2)3)24(31)21(16-34)28-25(32)33-26(6,7)8/h12-14,17,21-22,34H,9-11,15-16H2,1-8H3,(H,27,30)(H,28,32). The molecular weight excluding hydrogens is 450 g/mol. The van der Waals surface area contributed by atoms with E-state index >= 15 is 0 Å². The Labute approximate surface area is 210 Å². The second-order valence-corrected chi connectivity index (χ2v) is 10.3. The molecule has 8 heteroatoms. The number of unbranched alkanes of at least 4 members (excludes halogenated alkanes) is 2. The van der Waals surface area contributed by atoms with Gasteiger partial charge in [0.2, 0.25) is 11.8 Å². The molecule has 1 aromatic carbocycles. The van der Waals surface area contributed by atoms with Crippen molar-refractivity contribution in [3.63, 3.8) is 0 Å². The molecule has 7 nitrogen and oxygen atoms in total. The molecule has 2 unspecified atom stereocenters. The second-order valence-electron chi connectivity index (χ2n) is 9.91. The largest absolute Gasteiger partial charge is 0.444 e. The topological polar surface area (TPSA) is 87.7 Å². The minimum Gasteiger partial charge on any atom is -0.444 e. The zero-order chi connectivity index (χ0) is 26.1. The summed E-state index contributed by atoms with van der Waals surface area (Å²) in [6, 6.07) is 3.68. The Balaban J connectivity index is 3.36. The van der Waals surface area contributed by atoms with Crippen molar-refractivity contribution in [2.24, 2.45) is 0 Å². The summed E-state index contributed by atoms with van der Waals surface area (Å²) in [7, 11) is 0. The number of nitrogens with zero attached hydrogens (tertiary/aromatic N) is 1. The Morgan fingerprint density at radius 2 is 1.76 bits per heavy atom. The Bertz CT molecular complexity index is 836. The molecule has 0 aliphatic heterocycles. The van der Waals surface area contributed by atoms with Gasteiger partial charge < -0.3 is 20.3 Å². The first kappa shape index (κ1) is 29.8. The van der Waals surface area contributed by atoms with E-state index in [0.29, 0.717) is 6.54 Å². The van der Waals surface area contributed by atoms with Gasteiger partial charge in [-0.2, -0.15) is 12.6 Å². The molecule has 1 aromatic rings. The van der Waals surface area contributed by atoms with E-state index < -0.39 is 23.8 Å². The first-order valence-corrected chi connectivity index (χ1v) is 12.7. The number of alkyl carbamates (subject to hydrolysis) is 1. The molecule has 0 spiro atoms. The van der Waals surface area contributed by atoms with Crippen molar-refractivity contribution in [3.8, 4) is 0 Å². The van der Waals surface area contributed by atoms with Gasteiger partial charge in [0.25, 0.3) is 0 Å². The van der Waals surface area contributed by atoms with Crippen molar-refractivity contribution in [2.75, 3.05) is 12.3 Å². The smallest absolute Gasteiger partial charge is 0.408 e. The van der Waals surface area contributed by atoms with Gasteiger partial charge in [0.05, 0.1) is 0 Å². The highest BCUT2D eigenvalue weighted by Gasteiger charge is 2.38. The van der Waals surface area contributed by atoms with E-state index in [1.54, 1.807) is 25.7 Å². The fourth-order valence-corrected chi connectivity index (χ4v) is 3.91. The maximum atomic E-state index is 13.7. The van der Waals surface area contributed by atoms with Crippen LogP contribution in [0.25, 0.3) is 0 Å². The molecule has 0 aliphatic carbocycles. The first-order chi connectivity index (χ1) is 15.8. The lowest BCUT2D eigenvalue weighted by Gasteiger charge is -2.37. The normalized spacial score (nSPS) is 13.2. The molecule has 0 saturated heterocycles. The van der Waals surface area contributed by atoms with Gasteiger partial charge >= 0.3 is 6.09 Å². The lowest BCUT2D eigenvalue weighted by Crippen LogP contribution is -2.55. The van der Waals surface area contributed by atoms with Crippen LogP contribution in [0.15, 0.2) is 18.2 Å². The van der Waals surface area contributed by atoms with Crippen LogP contribution in [0.1, 0.15) is 83.5 Å². The van der Waals surface area contributed by atoms with Crippen LogP contribution in [-0.4, -0.2) is 52.8 Å². The Morgan fingerprint density at radius 1 is 1.12 bits per heavy atom. The SMILES string of the molecule is CCCCCNC(=O)C(c1cccc(C)c1C)N(C(=O)C(CS)NC(=O)OC(C)(C)C)C(C)C. The second kappa shape index (κ2) is 13.6. The number of hydrogen-bond donors (Lipinski definition) is 3. The van der Waals surface area contributed by atoms with Gasteiger partial charge in [-0.3, -0.25) is 9.59 Å². The Kier molecular flexibility index (Phi) is 11.9. The van der Waals surface area contributed by atoms with Crippen LogP contribution < -0.4 is 10.6 Å². The predicted octanol–water partition coefficient (Wildman–Crippen LogP) is 4.71. The Hall–Kier alpha value is -2.22. The monoisotopic (exact) mass is 493 g/mol. The van der Waals surface area contributed by atoms with Crippen LogP contribution in [0.4, 0.5) is 4.79 Å². The summed E-state index contributed by atoms with van der Waals surface area (Å²) in [4.78, 5) is 41.2. The molecule has 0 saturated carbocycles. The van der Waals surface area contributed by atoms with Gasteiger partial charge in [0, 0.05) is 18.3 Å². The van der Waals surface area contributed by atoms with Crippen molar-refractivity contribution in [1.82, 2.24) is 15.5 Å². The molecule has 0 aliphatic rings. The average Bonchev–Trinajstić information content (AvgIpc) is 2.73. The number of rotatable bonds is 11. The number of thiol groups is 1. The van der Waals surface area contributed by atoms with Crippen molar-refractivity contribution < 1.29 is 19.1 Å². The third-order valence-electron chi connectivity index (χ3n) is 5.53. The molecule has 0 aromatic heterocycles. The number of nitrogens with one attached hydrogen (secondary N) is 2. The van der Waals surface area contributed by atoms with Crippen LogP contribution in [0.3, 0.4) is 0 Å². The highest BCUT2D eigenvalue weighted by molar-refractivity contribution is 7.80. The van der Waals surface area contributed by atoms with Crippen LogP contribution in [0, 0.1) is 13.8 Å². The predicted molar refractivity (Wildman–Crippen MR) is 140 cm³/mol. The van der Waals surface area contributed by atoms with Gasteiger partial charge in [-0.25, -0.2) is 4.79 Å². The van der Waals surface area contributed by atoms with Gasteiger partial charge in [-0.15, -0.1) is 0 Å².